The fourth-order valence-electron chi connectivity index (χ4n) is 3.04. The number of halogens is 1. The van der Waals surface area contributed by atoms with Crippen molar-refractivity contribution < 1.29 is 18.6 Å². The van der Waals surface area contributed by atoms with Gasteiger partial charge in [-0.15, -0.1) is 0 Å². The van der Waals surface area contributed by atoms with Gasteiger partial charge in [-0.25, -0.2) is 14.0 Å². The third-order valence-corrected chi connectivity index (χ3v) is 4.59. The van der Waals surface area contributed by atoms with Crippen LogP contribution in [-0.2, 0) is 16.0 Å². The van der Waals surface area contributed by atoms with Crippen molar-refractivity contribution in [3.8, 4) is 11.3 Å². The molecule has 1 atom stereocenters. The van der Waals surface area contributed by atoms with Gasteiger partial charge in [0.1, 0.15) is 23.3 Å². The highest BCUT2D eigenvalue weighted by atomic mass is 19.1. The second-order valence-electron chi connectivity index (χ2n) is 6.51. The maximum absolute atomic E-state index is 13.5. The van der Waals surface area contributed by atoms with Crippen LogP contribution in [0.4, 0.5) is 4.39 Å². The number of ether oxygens (including phenoxy) is 1. The van der Waals surface area contributed by atoms with Crippen LogP contribution in [0, 0.1) is 12.7 Å². The molecule has 3 aromatic rings. The van der Waals surface area contributed by atoms with E-state index in [2.05, 4.69) is 24.9 Å². The number of aromatic nitrogens is 4. The van der Waals surface area contributed by atoms with Gasteiger partial charge in [0.2, 0.25) is 5.91 Å². The number of rotatable bonds is 4. The van der Waals surface area contributed by atoms with Crippen molar-refractivity contribution in [2.45, 2.75) is 19.4 Å². The van der Waals surface area contributed by atoms with Gasteiger partial charge in [-0.2, -0.15) is 0 Å². The number of hydrogen-bond acceptors (Lipinski definition) is 7. The molecule has 0 unspecified atom stereocenters. The molecule has 1 saturated heterocycles. The molecule has 0 bridgehead atoms. The van der Waals surface area contributed by atoms with Crippen LogP contribution >= 0.6 is 0 Å². The lowest BCUT2D eigenvalue weighted by Crippen LogP contribution is -2.43. The van der Waals surface area contributed by atoms with Crippen LogP contribution in [0.2, 0.25) is 0 Å². The lowest BCUT2D eigenvalue weighted by molar-refractivity contribution is -0.138. The van der Waals surface area contributed by atoms with Gasteiger partial charge in [-0.05, 0) is 19.1 Å². The largest absolute Gasteiger partial charge is 0.368 e. The third kappa shape index (κ3) is 3.89. The Morgan fingerprint density at radius 3 is 3.00 bits per heavy atom. The number of hydrogen-bond donors (Lipinski definition) is 0. The molecule has 0 N–H and O–H groups in total. The monoisotopic (exact) mass is 383 g/mol. The Labute approximate surface area is 160 Å². The quantitative estimate of drug-likeness (QED) is 0.681. The summed E-state index contributed by atoms with van der Waals surface area (Å²) in [6.07, 6.45) is 2.89. The Morgan fingerprint density at radius 1 is 1.32 bits per heavy atom. The molecule has 1 aromatic carbocycles. The first-order valence-electron chi connectivity index (χ1n) is 8.85. The second kappa shape index (κ2) is 7.81. The van der Waals surface area contributed by atoms with E-state index >= 15 is 0 Å². The first-order chi connectivity index (χ1) is 13.6. The van der Waals surface area contributed by atoms with E-state index in [1.807, 2.05) is 0 Å². The molecule has 9 heteroatoms. The topological polar surface area (TPSA) is 94.2 Å². The van der Waals surface area contributed by atoms with E-state index in [9.17, 15) is 9.18 Å². The zero-order valence-electron chi connectivity index (χ0n) is 15.2. The van der Waals surface area contributed by atoms with E-state index in [1.165, 1.54) is 12.1 Å². The van der Waals surface area contributed by atoms with Gasteiger partial charge in [0.05, 0.1) is 43.4 Å². The fraction of sp³-hybridized carbons (Fsp3) is 0.316. The van der Waals surface area contributed by atoms with Crippen molar-refractivity contribution in [3.63, 3.8) is 0 Å². The molecule has 1 amide bonds. The summed E-state index contributed by atoms with van der Waals surface area (Å²) in [5, 5.41) is 7.46. The van der Waals surface area contributed by atoms with Gasteiger partial charge >= 0.3 is 0 Å². The molecule has 0 spiro atoms. The van der Waals surface area contributed by atoms with E-state index in [1.54, 1.807) is 36.4 Å². The smallest absolute Gasteiger partial charge is 0.228 e. The Kier molecular flexibility index (Phi) is 5.07. The Balaban J connectivity index is 1.49. The van der Waals surface area contributed by atoms with Gasteiger partial charge in [-0.1, -0.05) is 22.4 Å². The predicted molar refractivity (Wildman–Crippen MR) is 95.4 cm³/mol. The number of nitrogens with zero attached hydrogens (tertiary/aromatic N) is 5. The maximum atomic E-state index is 13.5. The molecule has 0 aliphatic carbocycles. The Morgan fingerprint density at radius 2 is 2.21 bits per heavy atom. The molecule has 2 aromatic heterocycles. The van der Waals surface area contributed by atoms with Gasteiger partial charge < -0.3 is 9.64 Å². The molecule has 4 rings (SSSR count). The summed E-state index contributed by atoms with van der Waals surface area (Å²) in [6.45, 7) is 2.97. The van der Waals surface area contributed by atoms with E-state index in [0.29, 0.717) is 48.0 Å². The number of carbonyl (C=O) groups excluding carboxylic acids is 1. The summed E-state index contributed by atoms with van der Waals surface area (Å²) in [6, 6.07) is 6.17. The minimum Gasteiger partial charge on any atom is -0.368 e. The van der Waals surface area contributed by atoms with E-state index in [4.69, 9.17) is 4.74 Å². The summed E-state index contributed by atoms with van der Waals surface area (Å²) < 4.78 is 23.9. The molecule has 3 heterocycles. The zero-order valence-corrected chi connectivity index (χ0v) is 15.2. The second-order valence-corrected chi connectivity index (χ2v) is 6.51. The summed E-state index contributed by atoms with van der Waals surface area (Å²) in [7, 11) is 0. The molecule has 1 fully saturated rings. The lowest BCUT2D eigenvalue weighted by atomic mass is 10.1. The van der Waals surface area contributed by atoms with E-state index in [-0.39, 0.29) is 18.1 Å². The Bertz CT molecular complexity index is 993. The fourth-order valence-corrected chi connectivity index (χ4v) is 3.04. The average molecular weight is 383 g/mol. The minimum absolute atomic E-state index is 0.0821. The van der Waals surface area contributed by atoms with E-state index < -0.39 is 6.10 Å². The van der Waals surface area contributed by atoms with Crippen molar-refractivity contribution in [2.24, 2.45) is 0 Å². The summed E-state index contributed by atoms with van der Waals surface area (Å²) >= 11 is 0. The van der Waals surface area contributed by atoms with Crippen LogP contribution in [0.25, 0.3) is 11.3 Å². The molecular formula is C19H18FN5O3. The minimum atomic E-state index is -0.407. The van der Waals surface area contributed by atoms with Crippen molar-refractivity contribution in [3.05, 3.63) is 59.6 Å². The van der Waals surface area contributed by atoms with Crippen LogP contribution in [0.3, 0.4) is 0 Å². The third-order valence-electron chi connectivity index (χ3n) is 4.59. The van der Waals surface area contributed by atoms with E-state index in [0.717, 1.165) is 0 Å². The first-order valence-corrected chi connectivity index (χ1v) is 8.85. The van der Waals surface area contributed by atoms with Gasteiger partial charge in [0, 0.05) is 12.1 Å². The van der Waals surface area contributed by atoms with Crippen molar-refractivity contribution in [2.75, 3.05) is 19.7 Å². The SMILES string of the molecule is Cc1nonc1CC(=O)N1CCO[C@H](c2cncc(-c3cccc(F)c3)n2)C1. The molecule has 0 saturated carbocycles. The van der Waals surface area contributed by atoms with Crippen molar-refractivity contribution in [1.29, 1.82) is 0 Å². The lowest BCUT2D eigenvalue weighted by Gasteiger charge is -2.32. The number of benzene rings is 1. The standard InChI is InChI=1S/C19H18FN5O3/c1-12-15(24-28-23-12)8-19(26)25-5-6-27-18(11-25)17-10-21-9-16(22-17)13-3-2-4-14(20)7-13/h2-4,7,9-10,18H,5-6,8,11H2,1H3/t18-/m0/s1. The molecule has 1 aliphatic heterocycles. The maximum Gasteiger partial charge on any atom is 0.228 e. The number of morpholine rings is 1. The summed E-state index contributed by atoms with van der Waals surface area (Å²) in [4.78, 5) is 23.1. The van der Waals surface area contributed by atoms with Crippen LogP contribution in [-0.4, -0.2) is 50.8 Å². The highest BCUT2D eigenvalue weighted by Crippen LogP contribution is 2.24. The molecular weight excluding hydrogens is 365 g/mol. The van der Waals surface area contributed by atoms with Crippen molar-refractivity contribution >= 4 is 5.91 Å². The number of aryl methyl sites for hydroxylation is 1. The van der Waals surface area contributed by atoms with Gasteiger partial charge in [-0.3, -0.25) is 9.78 Å². The summed E-state index contributed by atoms with van der Waals surface area (Å²) in [5.41, 5.74) is 2.91. The normalized spacial score (nSPS) is 16.9. The highest BCUT2D eigenvalue weighted by Gasteiger charge is 2.27. The Hall–Kier alpha value is -3.20. The van der Waals surface area contributed by atoms with Crippen LogP contribution in [0.1, 0.15) is 23.2 Å². The molecule has 1 aliphatic rings. The first kappa shape index (κ1) is 18.2. The summed E-state index contributed by atoms with van der Waals surface area (Å²) in [5.74, 6) is -0.422. The molecule has 0 radical (unpaired) electrons. The van der Waals surface area contributed by atoms with Gasteiger partial charge in [0.25, 0.3) is 0 Å². The molecule has 8 nitrogen and oxygen atoms in total. The molecule has 28 heavy (non-hydrogen) atoms. The van der Waals surface area contributed by atoms with Crippen LogP contribution in [0.15, 0.2) is 41.3 Å². The van der Waals surface area contributed by atoms with Crippen LogP contribution < -0.4 is 0 Å². The predicted octanol–water partition coefficient (Wildman–Crippen LogP) is 2.12. The number of carbonyl (C=O) groups is 1. The van der Waals surface area contributed by atoms with Gasteiger partial charge in [0.15, 0.2) is 0 Å². The highest BCUT2D eigenvalue weighted by molar-refractivity contribution is 5.78. The average Bonchev–Trinajstić information content (AvgIpc) is 3.12. The molecule has 144 valence electrons. The zero-order chi connectivity index (χ0) is 19.5. The number of amides is 1. The van der Waals surface area contributed by atoms with Crippen molar-refractivity contribution in [1.82, 2.24) is 25.2 Å². The van der Waals surface area contributed by atoms with Crippen LogP contribution in [0.5, 0.6) is 0 Å².